The maximum Gasteiger partial charge on any atom is 0.270 e. The van der Waals surface area contributed by atoms with Crippen molar-refractivity contribution in [2.24, 2.45) is 5.73 Å². The Bertz CT molecular complexity index is 451. The number of carbonyl (C=O) groups is 1. The van der Waals surface area contributed by atoms with Crippen molar-refractivity contribution in [1.29, 1.82) is 0 Å². The van der Waals surface area contributed by atoms with Crippen LogP contribution in [0.4, 0.5) is 0 Å². The van der Waals surface area contributed by atoms with Crippen LogP contribution in [0.25, 0.3) is 0 Å². The summed E-state index contributed by atoms with van der Waals surface area (Å²) in [5.74, 6) is -0.127. The molecule has 0 atom stereocenters. The molecule has 0 spiro atoms. The van der Waals surface area contributed by atoms with Gasteiger partial charge in [-0.05, 0) is 25.3 Å². The van der Waals surface area contributed by atoms with E-state index in [2.05, 4.69) is 4.98 Å². The standard InChI is InChI=1S/C12H17N3O2/c13-7-8-15(9-3-1-4-9)12(17)10-5-2-6-11(16)14-10/h2,5-6,9H,1,3-4,7-8,13H2,(H,14,16). The molecular weight excluding hydrogens is 218 g/mol. The zero-order chi connectivity index (χ0) is 12.3. The molecule has 3 N–H and O–H groups in total. The molecule has 1 fully saturated rings. The van der Waals surface area contributed by atoms with Crippen molar-refractivity contribution in [1.82, 2.24) is 9.88 Å². The summed E-state index contributed by atoms with van der Waals surface area (Å²) < 4.78 is 0. The van der Waals surface area contributed by atoms with E-state index in [9.17, 15) is 9.59 Å². The molecule has 1 aromatic heterocycles. The van der Waals surface area contributed by atoms with Crippen molar-refractivity contribution in [3.63, 3.8) is 0 Å². The molecule has 0 aliphatic heterocycles. The van der Waals surface area contributed by atoms with E-state index in [4.69, 9.17) is 5.73 Å². The number of rotatable bonds is 4. The van der Waals surface area contributed by atoms with Gasteiger partial charge in [0.2, 0.25) is 5.56 Å². The number of hydrogen-bond donors (Lipinski definition) is 2. The van der Waals surface area contributed by atoms with Gasteiger partial charge in [0.25, 0.3) is 5.91 Å². The van der Waals surface area contributed by atoms with E-state index < -0.39 is 0 Å². The first kappa shape index (κ1) is 11.9. The predicted octanol–water partition coefficient (Wildman–Crippen LogP) is 0.328. The normalized spacial score (nSPS) is 15.4. The van der Waals surface area contributed by atoms with Gasteiger partial charge in [0.15, 0.2) is 0 Å². The van der Waals surface area contributed by atoms with Gasteiger partial charge in [-0.3, -0.25) is 9.59 Å². The van der Waals surface area contributed by atoms with Crippen LogP contribution in [0.5, 0.6) is 0 Å². The van der Waals surface area contributed by atoms with Crippen LogP contribution in [0.2, 0.25) is 0 Å². The fourth-order valence-corrected chi connectivity index (χ4v) is 2.01. The highest BCUT2D eigenvalue weighted by molar-refractivity contribution is 5.92. The zero-order valence-electron chi connectivity index (χ0n) is 9.69. The molecule has 1 aromatic rings. The van der Waals surface area contributed by atoms with Gasteiger partial charge in [-0.1, -0.05) is 6.07 Å². The number of nitrogens with zero attached hydrogens (tertiary/aromatic N) is 1. The number of nitrogens with one attached hydrogen (secondary N) is 1. The second kappa shape index (κ2) is 5.14. The summed E-state index contributed by atoms with van der Waals surface area (Å²) in [6, 6.07) is 4.90. The Morgan fingerprint density at radius 3 is 2.76 bits per heavy atom. The first-order chi connectivity index (χ1) is 8.22. The monoisotopic (exact) mass is 235 g/mol. The Morgan fingerprint density at radius 1 is 1.47 bits per heavy atom. The van der Waals surface area contributed by atoms with E-state index in [0.29, 0.717) is 18.8 Å². The molecule has 1 saturated carbocycles. The van der Waals surface area contributed by atoms with E-state index in [0.717, 1.165) is 19.3 Å². The summed E-state index contributed by atoms with van der Waals surface area (Å²) in [5.41, 5.74) is 5.62. The Kier molecular flexibility index (Phi) is 3.58. The number of pyridine rings is 1. The minimum Gasteiger partial charge on any atom is -0.333 e. The lowest BCUT2D eigenvalue weighted by Gasteiger charge is -2.37. The van der Waals surface area contributed by atoms with Gasteiger partial charge in [0, 0.05) is 25.2 Å². The number of amides is 1. The molecule has 92 valence electrons. The lowest BCUT2D eigenvalue weighted by molar-refractivity contribution is 0.0582. The molecule has 1 heterocycles. The van der Waals surface area contributed by atoms with Crippen LogP contribution in [0.3, 0.4) is 0 Å². The Labute approximate surface area is 99.6 Å². The van der Waals surface area contributed by atoms with E-state index >= 15 is 0 Å². The molecule has 0 bridgehead atoms. The van der Waals surface area contributed by atoms with Crippen LogP contribution in [-0.2, 0) is 0 Å². The van der Waals surface area contributed by atoms with Crippen LogP contribution < -0.4 is 11.3 Å². The second-order valence-electron chi connectivity index (χ2n) is 4.30. The number of H-pyrrole nitrogens is 1. The van der Waals surface area contributed by atoms with E-state index in [1.807, 2.05) is 0 Å². The average Bonchev–Trinajstić information content (AvgIpc) is 2.25. The Morgan fingerprint density at radius 2 is 2.24 bits per heavy atom. The van der Waals surface area contributed by atoms with Crippen LogP contribution in [0, 0.1) is 0 Å². The summed E-state index contributed by atoms with van der Waals surface area (Å²) in [6.45, 7) is 0.986. The van der Waals surface area contributed by atoms with Crippen molar-refractivity contribution in [2.75, 3.05) is 13.1 Å². The third-order valence-corrected chi connectivity index (χ3v) is 3.15. The van der Waals surface area contributed by atoms with Crippen LogP contribution in [0.15, 0.2) is 23.0 Å². The highest BCUT2D eigenvalue weighted by atomic mass is 16.2. The minimum atomic E-state index is -0.253. The molecule has 5 nitrogen and oxygen atoms in total. The van der Waals surface area contributed by atoms with Crippen LogP contribution >= 0.6 is 0 Å². The summed E-state index contributed by atoms with van der Waals surface area (Å²) in [4.78, 5) is 27.7. The topological polar surface area (TPSA) is 79.2 Å². The predicted molar refractivity (Wildman–Crippen MR) is 64.8 cm³/mol. The Balaban J connectivity index is 2.18. The van der Waals surface area contributed by atoms with E-state index in [1.165, 1.54) is 6.07 Å². The SMILES string of the molecule is NCCN(C(=O)c1cccc(=O)[nH]1)C1CCC1. The molecule has 5 heteroatoms. The lowest BCUT2D eigenvalue weighted by Crippen LogP contribution is -2.47. The van der Waals surface area contributed by atoms with Crippen molar-refractivity contribution >= 4 is 5.91 Å². The fourth-order valence-electron chi connectivity index (χ4n) is 2.01. The molecule has 17 heavy (non-hydrogen) atoms. The molecule has 1 aliphatic carbocycles. The van der Waals surface area contributed by atoms with Gasteiger partial charge in [-0.2, -0.15) is 0 Å². The summed E-state index contributed by atoms with van der Waals surface area (Å²) >= 11 is 0. The fraction of sp³-hybridized carbons (Fsp3) is 0.500. The summed E-state index contributed by atoms with van der Waals surface area (Å²) in [6.07, 6.45) is 3.22. The molecule has 0 saturated heterocycles. The lowest BCUT2D eigenvalue weighted by atomic mass is 9.91. The van der Waals surface area contributed by atoms with Crippen molar-refractivity contribution in [3.05, 3.63) is 34.2 Å². The molecule has 2 rings (SSSR count). The second-order valence-corrected chi connectivity index (χ2v) is 4.30. The molecule has 0 radical (unpaired) electrons. The summed E-state index contributed by atoms with van der Waals surface area (Å²) in [5, 5.41) is 0. The molecule has 0 unspecified atom stereocenters. The number of carbonyl (C=O) groups excluding carboxylic acids is 1. The molecule has 0 aromatic carbocycles. The Hall–Kier alpha value is -1.62. The van der Waals surface area contributed by atoms with Gasteiger partial charge in [-0.25, -0.2) is 0 Å². The van der Waals surface area contributed by atoms with Crippen molar-refractivity contribution < 1.29 is 4.79 Å². The minimum absolute atomic E-state index is 0.127. The number of nitrogens with two attached hydrogens (primary N) is 1. The van der Waals surface area contributed by atoms with Crippen molar-refractivity contribution in [3.8, 4) is 0 Å². The van der Waals surface area contributed by atoms with Gasteiger partial charge in [0.1, 0.15) is 5.69 Å². The third kappa shape index (κ3) is 2.55. The molecule has 1 amide bonds. The highest BCUT2D eigenvalue weighted by Crippen LogP contribution is 2.25. The highest BCUT2D eigenvalue weighted by Gasteiger charge is 2.29. The largest absolute Gasteiger partial charge is 0.333 e. The zero-order valence-corrected chi connectivity index (χ0v) is 9.69. The average molecular weight is 235 g/mol. The summed E-state index contributed by atoms with van der Waals surface area (Å²) in [7, 11) is 0. The smallest absolute Gasteiger partial charge is 0.270 e. The maximum atomic E-state index is 12.2. The molecular formula is C12H17N3O2. The first-order valence-corrected chi connectivity index (χ1v) is 5.93. The van der Waals surface area contributed by atoms with E-state index in [1.54, 1.807) is 17.0 Å². The first-order valence-electron chi connectivity index (χ1n) is 5.93. The molecule has 1 aliphatic rings. The quantitative estimate of drug-likeness (QED) is 0.789. The van der Waals surface area contributed by atoms with Gasteiger partial charge < -0.3 is 15.6 Å². The van der Waals surface area contributed by atoms with Crippen LogP contribution in [-0.4, -0.2) is 34.9 Å². The number of aromatic amines is 1. The van der Waals surface area contributed by atoms with Gasteiger partial charge in [-0.15, -0.1) is 0 Å². The van der Waals surface area contributed by atoms with Crippen LogP contribution in [0.1, 0.15) is 29.8 Å². The van der Waals surface area contributed by atoms with Gasteiger partial charge >= 0.3 is 0 Å². The maximum absolute atomic E-state index is 12.2. The third-order valence-electron chi connectivity index (χ3n) is 3.15. The number of hydrogen-bond acceptors (Lipinski definition) is 3. The number of aromatic nitrogens is 1. The van der Waals surface area contributed by atoms with Crippen molar-refractivity contribution in [2.45, 2.75) is 25.3 Å². The van der Waals surface area contributed by atoms with Gasteiger partial charge in [0.05, 0.1) is 0 Å². The van der Waals surface area contributed by atoms with E-state index in [-0.39, 0.29) is 17.5 Å².